The highest BCUT2D eigenvalue weighted by molar-refractivity contribution is 7.17. The molecule has 3 rings (SSSR count). The first-order chi connectivity index (χ1) is 11.9. The molecule has 3 aromatic rings. The average Bonchev–Trinajstić information content (AvgIpc) is 2.99. The Morgan fingerprint density at radius 3 is 2.40 bits per heavy atom. The van der Waals surface area contributed by atoms with Gasteiger partial charge in [-0.05, 0) is 31.2 Å². The van der Waals surface area contributed by atoms with Crippen LogP contribution in [0.1, 0.15) is 15.2 Å². The molecule has 7 nitrogen and oxygen atoms in total. The molecule has 1 amide bonds. The molecule has 8 heteroatoms. The Labute approximate surface area is 147 Å². The zero-order valence-electron chi connectivity index (χ0n) is 13.2. The number of hydrogen-bond donors (Lipinski definition) is 2. The number of nitrogens with two attached hydrogens (primary N) is 1. The van der Waals surface area contributed by atoms with Crippen molar-refractivity contribution in [2.45, 2.75) is 6.92 Å². The molecule has 0 unspecified atom stereocenters. The Balaban J connectivity index is 1.91. The van der Waals surface area contributed by atoms with Crippen LogP contribution in [0.25, 0.3) is 11.3 Å². The predicted octanol–water partition coefficient (Wildman–Crippen LogP) is 3.86. The Hall–Kier alpha value is -3.26. The summed E-state index contributed by atoms with van der Waals surface area (Å²) in [6, 6.07) is 13.2. The summed E-state index contributed by atoms with van der Waals surface area (Å²) in [5.41, 5.74) is 8.48. The van der Waals surface area contributed by atoms with E-state index in [0.29, 0.717) is 21.8 Å². The maximum absolute atomic E-state index is 12.6. The van der Waals surface area contributed by atoms with E-state index in [1.165, 1.54) is 12.1 Å². The van der Waals surface area contributed by atoms with Gasteiger partial charge in [0.15, 0.2) is 5.13 Å². The van der Waals surface area contributed by atoms with E-state index in [2.05, 4.69) is 10.3 Å². The maximum atomic E-state index is 12.6. The number of thiazole rings is 1. The summed E-state index contributed by atoms with van der Waals surface area (Å²) < 4.78 is 0. The summed E-state index contributed by atoms with van der Waals surface area (Å²) in [5, 5.41) is 13.8. The predicted molar refractivity (Wildman–Crippen MR) is 97.7 cm³/mol. The van der Waals surface area contributed by atoms with Gasteiger partial charge in [0.05, 0.1) is 10.6 Å². The molecule has 0 aliphatic heterocycles. The number of carbonyl (C=O) groups is 1. The molecule has 2 aromatic carbocycles. The number of nitrogens with one attached hydrogen (secondary N) is 1. The third-order valence-corrected chi connectivity index (χ3v) is 4.39. The van der Waals surface area contributed by atoms with Gasteiger partial charge in [-0.1, -0.05) is 29.0 Å². The summed E-state index contributed by atoms with van der Waals surface area (Å²) in [6.45, 7) is 1.96. The van der Waals surface area contributed by atoms with Gasteiger partial charge in [-0.3, -0.25) is 14.9 Å². The van der Waals surface area contributed by atoms with Crippen molar-refractivity contribution >= 4 is 33.8 Å². The van der Waals surface area contributed by atoms with Crippen molar-refractivity contribution in [3.05, 3.63) is 69.1 Å². The fourth-order valence-corrected chi connectivity index (χ4v) is 3.00. The Kier molecular flexibility index (Phi) is 4.44. The minimum Gasteiger partial charge on any atom is -0.375 e. The summed E-state index contributed by atoms with van der Waals surface area (Å²) >= 11 is 1.07. The second-order valence-electron chi connectivity index (χ2n) is 5.35. The molecule has 1 aromatic heterocycles. The largest absolute Gasteiger partial charge is 0.375 e. The molecule has 0 bridgehead atoms. The molecule has 0 atom stereocenters. The van der Waals surface area contributed by atoms with Gasteiger partial charge in [0.25, 0.3) is 11.6 Å². The summed E-state index contributed by atoms with van der Waals surface area (Å²) in [7, 11) is 0. The first-order valence-corrected chi connectivity index (χ1v) is 8.15. The van der Waals surface area contributed by atoms with Crippen LogP contribution in [0.5, 0.6) is 0 Å². The first kappa shape index (κ1) is 16.6. The van der Waals surface area contributed by atoms with Crippen molar-refractivity contribution < 1.29 is 9.72 Å². The van der Waals surface area contributed by atoms with E-state index < -0.39 is 4.92 Å². The van der Waals surface area contributed by atoms with Crippen LogP contribution < -0.4 is 11.1 Å². The molecule has 3 N–H and O–H groups in total. The van der Waals surface area contributed by atoms with E-state index in [1.807, 2.05) is 31.2 Å². The highest BCUT2D eigenvalue weighted by Crippen LogP contribution is 2.31. The van der Waals surface area contributed by atoms with Crippen molar-refractivity contribution in [3.8, 4) is 11.3 Å². The number of non-ortho nitro benzene ring substituents is 1. The summed E-state index contributed by atoms with van der Waals surface area (Å²) in [5.74, 6) is -0.327. The molecule has 1 heterocycles. The lowest BCUT2D eigenvalue weighted by atomic mass is 10.1. The van der Waals surface area contributed by atoms with Crippen LogP contribution in [0.4, 0.5) is 16.5 Å². The van der Waals surface area contributed by atoms with Gasteiger partial charge in [-0.2, -0.15) is 0 Å². The number of aryl methyl sites for hydroxylation is 1. The van der Waals surface area contributed by atoms with E-state index >= 15 is 0 Å². The molecule has 126 valence electrons. The molecule has 25 heavy (non-hydrogen) atoms. The van der Waals surface area contributed by atoms with Crippen molar-refractivity contribution in [1.29, 1.82) is 0 Å². The number of anilines is 2. The lowest BCUT2D eigenvalue weighted by Gasteiger charge is -2.06. The minimum absolute atomic E-state index is 0.0300. The van der Waals surface area contributed by atoms with Gasteiger partial charge in [0.2, 0.25) is 0 Å². The van der Waals surface area contributed by atoms with Gasteiger partial charge >= 0.3 is 0 Å². The van der Waals surface area contributed by atoms with Crippen LogP contribution in [0.3, 0.4) is 0 Å². The normalized spacial score (nSPS) is 10.4. The van der Waals surface area contributed by atoms with Gasteiger partial charge in [-0.25, -0.2) is 4.98 Å². The van der Waals surface area contributed by atoms with Gasteiger partial charge in [0, 0.05) is 23.4 Å². The van der Waals surface area contributed by atoms with E-state index in [9.17, 15) is 14.9 Å². The third-order valence-electron chi connectivity index (χ3n) is 3.51. The zero-order chi connectivity index (χ0) is 18.0. The molecule has 0 aliphatic rings. The third kappa shape index (κ3) is 3.64. The lowest BCUT2D eigenvalue weighted by Crippen LogP contribution is -2.11. The van der Waals surface area contributed by atoms with Crippen LogP contribution in [-0.2, 0) is 0 Å². The van der Waals surface area contributed by atoms with Crippen LogP contribution in [0, 0.1) is 17.0 Å². The SMILES string of the molecule is Cc1ccc(NC(=O)c2sc(N)nc2-c2ccc([N+](=O)[O-])cc2)cc1. The molecular formula is C17H14N4O3S. The highest BCUT2D eigenvalue weighted by Gasteiger charge is 2.19. The van der Waals surface area contributed by atoms with Crippen molar-refractivity contribution in [2.75, 3.05) is 11.1 Å². The van der Waals surface area contributed by atoms with Gasteiger partial charge in [0.1, 0.15) is 4.88 Å². The highest BCUT2D eigenvalue weighted by atomic mass is 32.1. The van der Waals surface area contributed by atoms with E-state index in [0.717, 1.165) is 16.9 Å². The zero-order valence-corrected chi connectivity index (χ0v) is 14.0. The number of nitro benzene ring substituents is 1. The van der Waals surface area contributed by atoms with Crippen molar-refractivity contribution in [1.82, 2.24) is 4.98 Å². The number of rotatable bonds is 4. The number of aromatic nitrogens is 1. The molecule has 0 saturated heterocycles. The fraction of sp³-hybridized carbons (Fsp3) is 0.0588. The number of nitrogen functional groups attached to an aromatic ring is 1. The number of benzene rings is 2. The van der Waals surface area contributed by atoms with Crippen LogP contribution in [0.2, 0.25) is 0 Å². The van der Waals surface area contributed by atoms with Gasteiger partial charge in [-0.15, -0.1) is 0 Å². The smallest absolute Gasteiger partial charge is 0.269 e. The van der Waals surface area contributed by atoms with Crippen LogP contribution in [0.15, 0.2) is 48.5 Å². The summed E-state index contributed by atoms with van der Waals surface area (Å²) in [6.07, 6.45) is 0. The monoisotopic (exact) mass is 354 g/mol. The average molecular weight is 354 g/mol. The standard InChI is InChI=1S/C17H14N4O3S/c1-10-2-6-12(7-3-10)19-16(22)15-14(20-17(18)25-15)11-4-8-13(9-5-11)21(23)24/h2-9H,1H3,(H2,18,20)(H,19,22). The van der Waals surface area contributed by atoms with Crippen LogP contribution in [-0.4, -0.2) is 15.8 Å². The molecule has 0 fully saturated rings. The molecule has 0 aliphatic carbocycles. The van der Waals surface area contributed by atoms with Crippen molar-refractivity contribution in [2.24, 2.45) is 0 Å². The van der Waals surface area contributed by atoms with Crippen LogP contribution >= 0.6 is 11.3 Å². The molecular weight excluding hydrogens is 340 g/mol. The topological polar surface area (TPSA) is 111 Å². The second-order valence-corrected chi connectivity index (χ2v) is 6.38. The quantitative estimate of drug-likeness (QED) is 0.546. The minimum atomic E-state index is -0.482. The molecule has 0 spiro atoms. The van der Waals surface area contributed by atoms with E-state index in [-0.39, 0.29) is 16.7 Å². The molecule has 0 radical (unpaired) electrons. The Morgan fingerprint density at radius 1 is 1.16 bits per heavy atom. The van der Waals surface area contributed by atoms with E-state index in [4.69, 9.17) is 5.73 Å². The maximum Gasteiger partial charge on any atom is 0.269 e. The number of carbonyl (C=O) groups excluding carboxylic acids is 1. The first-order valence-electron chi connectivity index (χ1n) is 7.33. The number of hydrogen-bond acceptors (Lipinski definition) is 6. The van der Waals surface area contributed by atoms with E-state index in [1.54, 1.807) is 12.1 Å². The van der Waals surface area contributed by atoms with Gasteiger partial charge < -0.3 is 11.1 Å². The lowest BCUT2D eigenvalue weighted by molar-refractivity contribution is -0.384. The Morgan fingerprint density at radius 2 is 1.80 bits per heavy atom. The number of nitro groups is 1. The number of amides is 1. The second kappa shape index (κ2) is 6.70. The number of nitrogens with zero attached hydrogens (tertiary/aromatic N) is 2. The summed E-state index contributed by atoms with van der Waals surface area (Å²) in [4.78, 5) is 27.4. The van der Waals surface area contributed by atoms with Crippen molar-refractivity contribution in [3.63, 3.8) is 0 Å². The Bertz CT molecular complexity index is 934. The fourth-order valence-electron chi connectivity index (χ4n) is 2.25. The molecule has 0 saturated carbocycles.